The lowest BCUT2D eigenvalue weighted by Gasteiger charge is -2.25. The number of amides is 1. The molecule has 104 valence electrons. The molecule has 0 saturated heterocycles. The maximum Gasteiger partial charge on any atom is 0.338 e. The Labute approximate surface area is 113 Å². The summed E-state index contributed by atoms with van der Waals surface area (Å²) in [4.78, 5) is 23.4. The quantitative estimate of drug-likeness (QED) is 0.760. The van der Waals surface area contributed by atoms with Gasteiger partial charge < -0.3 is 15.7 Å². The fraction of sp³-hybridized carbons (Fsp3) is 0.429. The van der Waals surface area contributed by atoms with E-state index in [-0.39, 0.29) is 11.5 Å². The largest absolute Gasteiger partial charge is 0.478 e. The molecule has 1 aromatic rings. The highest BCUT2D eigenvalue weighted by atomic mass is 16.4. The van der Waals surface area contributed by atoms with Crippen LogP contribution in [0.3, 0.4) is 0 Å². The summed E-state index contributed by atoms with van der Waals surface area (Å²) in [6.07, 6.45) is 0. The number of aryl methyl sites for hydroxylation is 1. The van der Waals surface area contributed by atoms with E-state index in [1.807, 2.05) is 6.92 Å². The molecule has 0 fully saturated rings. The van der Waals surface area contributed by atoms with Gasteiger partial charge in [0.25, 0.3) is 0 Å². The van der Waals surface area contributed by atoms with Crippen molar-refractivity contribution in [3.8, 4) is 0 Å². The molecular formula is C14H20N2O3. The van der Waals surface area contributed by atoms with E-state index in [0.717, 1.165) is 0 Å². The number of carbonyl (C=O) groups is 2. The van der Waals surface area contributed by atoms with Crippen LogP contribution in [0.1, 0.15) is 36.7 Å². The Morgan fingerprint density at radius 1 is 1.32 bits per heavy atom. The average Bonchev–Trinajstić information content (AvgIpc) is 2.28. The maximum absolute atomic E-state index is 12.1. The van der Waals surface area contributed by atoms with Gasteiger partial charge in [0, 0.05) is 0 Å². The van der Waals surface area contributed by atoms with Crippen molar-refractivity contribution in [3.05, 3.63) is 29.3 Å². The van der Waals surface area contributed by atoms with E-state index in [4.69, 9.17) is 0 Å². The predicted molar refractivity (Wildman–Crippen MR) is 74.5 cm³/mol. The minimum Gasteiger partial charge on any atom is -0.478 e. The molecule has 3 N–H and O–H groups in total. The number of benzene rings is 1. The minimum absolute atomic E-state index is 0.128. The molecule has 0 spiro atoms. The van der Waals surface area contributed by atoms with Crippen molar-refractivity contribution in [2.75, 3.05) is 11.9 Å². The third-order valence-electron chi connectivity index (χ3n) is 2.92. The van der Waals surface area contributed by atoms with Crippen LogP contribution in [-0.4, -0.2) is 29.1 Å². The number of hydrogen-bond donors (Lipinski definition) is 3. The molecule has 5 nitrogen and oxygen atoms in total. The van der Waals surface area contributed by atoms with Crippen LogP contribution in [0.4, 0.5) is 5.69 Å². The molecule has 1 rings (SSSR count). The molecule has 0 atom stereocenters. The third kappa shape index (κ3) is 3.54. The van der Waals surface area contributed by atoms with Gasteiger partial charge >= 0.3 is 5.97 Å². The van der Waals surface area contributed by atoms with Gasteiger partial charge in [-0.15, -0.1) is 0 Å². The van der Waals surface area contributed by atoms with Gasteiger partial charge in [0.15, 0.2) is 0 Å². The zero-order chi connectivity index (χ0) is 14.6. The first-order chi connectivity index (χ1) is 8.79. The van der Waals surface area contributed by atoms with Gasteiger partial charge in [0.1, 0.15) is 0 Å². The van der Waals surface area contributed by atoms with Crippen LogP contribution in [-0.2, 0) is 4.79 Å². The molecule has 0 radical (unpaired) electrons. The number of rotatable bonds is 5. The molecule has 0 aliphatic heterocycles. The first kappa shape index (κ1) is 15.2. The summed E-state index contributed by atoms with van der Waals surface area (Å²) in [5.41, 5.74) is 0.312. The van der Waals surface area contributed by atoms with Crippen LogP contribution in [0.15, 0.2) is 18.2 Å². The monoisotopic (exact) mass is 264 g/mol. The first-order valence-corrected chi connectivity index (χ1v) is 6.19. The standard InChI is InChI=1S/C14H20N2O3/c1-5-15-14(3,4)13(19)16-10-8-6-7-9(2)11(10)12(17)18/h6-8,15H,5H2,1-4H3,(H,16,19)(H,17,18). The predicted octanol–water partition coefficient (Wildman–Crippen LogP) is 2.02. The molecule has 0 aliphatic rings. The lowest BCUT2D eigenvalue weighted by Crippen LogP contribution is -2.49. The summed E-state index contributed by atoms with van der Waals surface area (Å²) in [6.45, 7) is 7.77. The van der Waals surface area contributed by atoms with Gasteiger partial charge in [-0.05, 0) is 38.9 Å². The Morgan fingerprint density at radius 3 is 2.47 bits per heavy atom. The molecule has 0 aromatic heterocycles. The molecule has 0 saturated carbocycles. The molecule has 0 bridgehead atoms. The Bertz CT molecular complexity index is 495. The number of hydrogen-bond acceptors (Lipinski definition) is 3. The third-order valence-corrected chi connectivity index (χ3v) is 2.92. The Balaban J connectivity index is 3.04. The normalized spacial score (nSPS) is 11.2. The molecule has 1 aromatic carbocycles. The molecule has 0 unspecified atom stereocenters. The summed E-state index contributed by atoms with van der Waals surface area (Å²) < 4.78 is 0. The first-order valence-electron chi connectivity index (χ1n) is 6.19. The number of likely N-dealkylation sites (N-methyl/N-ethyl adjacent to an activating group) is 1. The Hall–Kier alpha value is -1.88. The van der Waals surface area contributed by atoms with E-state index in [2.05, 4.69) is 10.6 Å². The molecule has 1 amide bonds. The second-order valence-corrected chi connectivity index (χ2v) is 4.91. The second-order valence-electron chi connectivity index (χ2n) is 4.91. The average molecular weight is 264 g/mol. The van der Waals surface area contributed by atoms with Gasteiger partial charge in [-0.3, -0.25) is 4.79 Å². The highest BCUT2D eigenvalue weighted by Gasteiger charge is 2.27. The van der Waals surface area contributed by atoms with Gasteiger partial charge in [-0.1, -0.05) is 19.1 Å². The fourth-order valence-electron chi connectivity index (χ4n) is 1.86. The Morgan fingerprint density at radius 2 is 1.95 bits per heavy atom. The van der Waals surface area contributed by atoms with E-state index in [1.54, 1.807) is 39.0 Å². The molecule has 0 heterocycles. The summed E-state index contributed by atoms with van der Waals surface area (Å²) >= 11 is 0. The van der Waals surface area contributed by atoms with E-state index in [0.29, 0.717) is 17.8 Å². The van der Waals surface area contributed by atoms with E-state index in [9.17, 15) is 14.7 Å². The van der Waals surface area contributed by atoms with Gasteiger partial charge in [-0.25, -0.2) is 4.79 Å². The van der Waals surface area contributed by atoms with Crippen LogP contribution >= 0.6 is 0 Å². The van der Waals surface area contributed by atoms with Crippen LogP contribution < -0.4 is 10.6 Å². The SMILES string of the molecule is CCNC(C)(C)C(=O)Nc1cccc(C)c1C(=O)O. The topological polar surface area (TPSA) is 78.4 Å². The zero-order valence-corrected chi connectivity index (χ0v) is 11.7. The summed E-state index contributed by atoms with van der Waals surface area (Å²) in [6, 6.07) is 5.02. The van der Waals surface area contributed by atoms with Gasteiger partial charge in [-0.2, -0.15) is 0 Å². The molecular weight excluding hydrogens is 244 g/mol. The van der Waals surface area contributed by atoms with Crippen molar-refractivity contribution in [3.63, 3.8) is 0 Å². The van der Waals surface area contributed by atoms with E-state index >= 15 is 0 Å². The van der Waals surface area contributed by atoms with Gasteiger partial charge in [0.2, 0.25) is 5.91 Å². The minimum atomic E-state index is -1.05. The smallest absolute Gasteiger partial charge is 0.338 e. The number of aromatic carboxylic acids is 1. The fourth-order valence-corrected chi connectivity index (χ4v) is 1.86. The van der Waals surface area contributed by atoms with Crippen molar-refractivity contribution in [1.29, 1.82) is 0 Å². The summed E-state index contributed by atoms with van der Waals surface area (Å²) in [5.74, 6) is -1.31. The number of anilines is 1. The molecule has 19 heavy (non-hydrogen) atoms. The second kappa shape index (κ2) is 5.84. The van der Waals surface area contributed by atoms with Gasteiger partial charge in [0.05, 0.1) is 16.8 Å². The van der Waals surface area contributed by atoms with Crippen LogP contribution in [0, 0.1) is 6.92 Å². The summed E-state index contributed by atoms with van der Waals surface area (Å²) in [7, 11) is 0. The van der Waals surface area contributed by atoms with E-state index in [1.165, 1.54) is 0 Å². The van der Waals surface area contributed by atoms with Crippen molar-refractivity contribution in [2.24, 2.45) is 0 Å². The Kier molecular flexibility index (Phi) is 4.67. The van der Waals surface area contributed by atoms with Crippen molar-refractivity contribution >= 4 is 17.6 Å². The lowest BCUT2D eigenvalue weighted by atomic mass is 10.0. The van der Waals surface area contributed by atoms with Crippen LogP contribution in [0.2, 0.25) is 0 Å². The van der Waals surface area contributed by atoms with Crippen molar-refractivity contribution < 1.29 is 14.7 Å². The van der Waals surface area contributed by atoms with Crippen molar-refractivity contribution in [2.45, 2.75) is 33.2 Å². The number of carboxylic acid groups (broad SMARTS) is 1. The van der Waals surface area contributed by atoms with E-state index < -0.39 is 11.5 Å². The zero-order valence-electron chi connectivity index (χ0n) is 11.7. The number of carboxylic acids is 1. The number of nitrogens with one attached hydrogen (secondary N) is 2. The maximum atomic E-state index is 12.1. The highest BCUT2D eigenvalue weighted by molar-refractivity contribution is 6.04. The number of carbonyl (C=O) groups excluding carboxylic acids is 1. The van der Waals surface area contributed by atoms with Crippen molar-refractivity contribution in [1.82, 2.24) is 5.32 Å². The lowest BCUT2D eigenvalue weighted by molar-refractivity contribution is -0.121. The molecule has 0 aliphatic carbocycles. The summed E-state index contributed by atoms with van der Waals surface area (Å²) in [5, 5.41) is 14.9. The van der Waals surface area contributed by atoms with Crippen LogP contribution in [0.5, 0.6) is 0 Å². The molecule has 5 heteroatoms. The highest BCUT2D eigenvalue weighted by Crippen LogP contribution is 2.20. The van der Waals surface area contributed by atoms with Crippen LogP contribution in [0.25, 0.3) is 0 Å².